The summed E-state index contributed by atoms with van der Waals surface area (Å²) in [6.45, 7) is 1.05. The van der Waals surface area contributed by atoms with Gasteiger partial charge in [0.2, 0.25) is 5.91 Å². The summed E-state index contributed by atoms with van der Waals surface area (Å²) in [4.78, 5) is 26.8. The van der Waals surface area contributed by atoms with Crippen LogP contribution in [0.15, 0.2) is 54.6 Å². The molecule has 24 heavy (non-hydrogen) atoms. The maximum absolute atomic E-state index is 12.6. The van der Waals surface area contributed by atoms with Crippen molar-refractivity contribution in [3.8, 4) is 0 Å². The first-order valence-corrected chi connectivity index (χ1v) is 8.41. The van der Waals surface area contributed by atoms with Crippen LogP contribution in [-0.2, 0) is 11.3 Å². The molecular formula is C19H19ClN2O2. The van der Waals surface area contributed by atoms with E-state index in [1.165, 1.54) is 0 Å². The van der Waals surface area contributed by atoms with Gasteiger partial charge in [-0.25, -0.2) is 0 Å². The summed E-state index contributed by atoms with van der Waals surface area (Å²) in [6.07, 6.45) is 1.54. The van der Waals surface area contributed by atoms with Crippen LogP contribution in [-0.4, -0.2) is 29.3 Å². The second-order valence-corrected chi connectivity index (χ2v) is 6.30. The van der Waals surface area contributed by atoms with E-state index in [2.05, 4.69) is 5.32 Å². The van der Waals surface area contributed by atoms with Crippen molar-refractivity contribution in [1.82, 2.24) is 10.2 Å². The van der Waals surface area contributed by atoms with Crippen LogP contribution >= 0.6 is 11.6 Å². The molecule has 0 aromatic heterocycles. The molecule has 2 aromatic carbocycles. The number of benzene rings is 2. The molecule has 3 rings (SSSR count). The first kappa shape index (κ1) is 16.5. The SMILES string of the molecule is O=C(NCc1ccc(Cl)cc1)[C@@H]1CCCN1C(=O)c1ccccc1. The molecule has 2 aromatic rings. The second kappa shape index (κ2) is 7.49. The molecule has 0 spiro atoms. The van der Waals surface area contributed by atoms with Gasteiger partial charge in [-0.1, -0.05) is 41.9 Å². The van der Waals surface area contributed by atoms with Gasteiger partial charge in [-0.2, -0.15) is 0 Å². The van der Waals surface area contributed by atoms with Gasteiger partial charge in [0, 0.05) is 23.7 Å². The number of likely N-dealkylation sites (tertiary alicyclic amines) is 1. The molecule has 1 fully saturated rings. The summed E-state index contributed by atoms with van der Waals surface area (Å²) in [5, 5.41) is 3.59. The number of rotatable bonds is 4. The van der Waals surface area contributed by atoms with Crippen molar-refractivity contribution < 1.29 is 9.59 Å². The van der Waals surface area contributed by atoms with Crippen LogP contribution in [0.5, 0.6) is 0 Å². The Morgan fingerprint density at radius 2 is 1.79 bits per heavy atom. The number of halogens is 1. The van der Waals surface area contributed by atoms with E-state index in [-0.39, 0.29) is 11.8 Å². The van der Waals surface area contributed by atoms with Gasteiger partial charge >= 0.3 is 0 Å². The molecule has 0 radical (unpaired) electrons. The van der Waals surface area contributed by atoms with Gasteiger partial charge in [0.1, 0.15) is 6.04 Å². The van der Waals surface area contributed by atoms with Crippen molar-refractivity contribution in [3.63, 3.8) is 0 Å². The van der Waals surface area contributed by atoms with Gasteiger partial charge in [0.25, 0.3) is 5.91 Å². The molecule has 1 saturated heterocycles. The number of nitrogens with one attached hydrogen (secondary N) is 1. The summed E-state index contributed by atoms with van der Waals surface area (Å²) in [5.41, 5.74) is 1.60. The molecule has 4 nitrogen and oxygen atoms in total. The lowest BCUT2D eigenvalue weighted by atomic mass is 10.1. The van der Waals surface area contributed by atoms with Crippen LogP contribution in [0.25, 0.3) is 0 Å². The monoisotopic (exact) mass is 342 g/mol. The Labute approximate surface area is 146 Å². The van der Waals surface area contributed by atoms with Gasteiger partial charge in [-0.3, -0.25) is 9.59 Å². The minimum atomic E-state index is -0.398. The van der Waals surface area contributed by atoms with E-state index in [1.807, 2.05) is 30.3 Å². The molecule has 0 saturated carbocycles. The normalized spacial score (nSPS) is 16.9. The maximum atomic E-state index is 12.6. The van der Waals surface area contributed by atoms with Crippen LogP contribution < -0.4 is 5.32 Å². The van der Waals surface area contributed by atoms with E-state index in [1.54, 1.807) is 29.2 Å². The fourth-order valence-corrected chi connectivity index (χ4v) is 3.06. The Morgan fingerprint density at radius 1 is 1.08 bits per heavy atom. The minimum Gasteiger partial charge on any atom is -0.350 e. The Bertz CT molecular complexity index is 716. The molecule has 1 atom stereocenters. The predicted octanol–water partition coefficient (Wildman–Crippen LogP) is 3.26. The van der Waals surface area contributed by atoms with Crippen molar-refractivity contribution in [3.05, 3.63) is 70.7 Å². The van der Waals surface area contributed by atoms with Crippen molar-refractivity contribution in [2.75, 3.05) is 6.54 Å². The zero-order chi connectivity index (χ0) is 16.9. The first-order valence-electron chi connectivity index (χ1n) is 8.03. The predicted molar refractivity (Wildman–Crippen MR) is 93.8 cm³/mol. The molecule has 2 amide bonds. The molecule has 0 bridgehead atoms. The molecule has 1 N–H and O–H groups in total. The zero-order valence-electron chi connectivity index (χ0n) is 13.2. The zero-order valence-corrected chi connectivity index (χ0v) is 14.0. The summed E-state index contributed by atoms with van der Waals surface area (Å²) < 4.78 is 0. The number of carbonyl (C=O) groups excluding carboxylic acids is 2. The van der Waals surface area contributed by atoms with Crippen LogP contribution in [0, 0.1) is 0 Å². The number of hydrogen-bond donors (Lipinski definition) is 1. The number of carbonyl (C=O) groups is 2. The summed E-state index contributed by atoms with van der Waals surface area (Å²) in [5.74, 6) is -0.188. The second-order valence-electron chi connectivity index (χ2n) is 5.87. The van der Waals surface area contributed by atoms with Crippen molar-refractivity contribution in [1.29, 1.82) is 0 Å². The van der Waals surface area contributed by atoms with Crippen LogP contribution in [0.1, 0.15) is 28.8 Å². The molecule has 1 aliphatic heterocycles. The van der Waals surface area contributed by atoms with Crippen molar-refractivity contribution in [2.24, 2.45) is 0 Å². The third-order valence-corrected chi connectivity index (χ3v) is 4.47. The van der Waals surface area contributed by atoms with Crippen molar-refractivity contribution in [2.45, 2.75) is 25.4 Å². The van der Waals surface area contributed by atoms with E-state index < -0.39 is 6.04 Å². The fourth-order valence-electron chi connectivity index (χ4n) is 2.94. The highest BCUT2D eigenvalue weighted by molar-refractivity contribution is 6.30. The third kappa shape index (κ3) is 3.77. The fraction of sp³-hybridized carbons (Fsp3) is 0.263. The molecule has 1 heterocycles. The summed E-state index contributed by atoms with van der Waals surface area (Å²) in [7, 11) is 0. The highest BCUT2D eigenvalue weighted by Gasteiger charge is 2.34. The highest BCUT2D eigenvalue weighted by atomic mass is 35.5. The van der Waals surface area contributed by atoms with E-state index >= 15 is 0 Å². The molecule has 1 aliphatic rings. The molecular weight excluding hydrogens is 324 g/mol. The Kier molecular flexibility index (Phi) is 5.16. The largest absolute Gasteiger partial charge is 0.350 e. The molecule has 0 aliphatic carbocycles. The maximum Gasteiger partial charge on any atom is 0.254 e. The van der Waals surface area contributed by atoms with Crippen molar-refractivity contribution >= 4 is 23.4 Å². The third-order valence-electron chi connectivity index (χ3n) is 4.22. The number of hydrogen-bond acceptors (Lipinski definition) is 2. The Balaban J connectivity index is 1.63. The topological polar surface area (TPSA) is 49.4 Å². The summed E-state index contributed by atoms with van der Waals surface area (Å²) in [6, 6.07) is 16.0. The lowest BCUT2D eigenvalue weighted by molar-refractivity contribution is -0.125. The number of nitrogens with zero attached hydrogens (tertiary/aromatic N) is 1. The number of amides is 2. The van der Waals surface area contributed by atoms with Gasteiger partial charge in [0.05, 0.1) is 0 Å². The van der Waals surface area contributed by atoms with Gasteiger partial charge in [0.15, 0.2) is 0 Å². The Morgan fingerprint density at radius 3 is 2.50 bits per heavy atom. The van der Waals surface area contributed by atoms with Crippen LogP contribution in [0.3, 0.4) is 0 Å². The average molecular weight is 343 g/mol. The first-order chi connectivity index (χ1) is 11.6. The van der Waals surface area contributed by atoms with E-state index in [0.29, 0.717) is 30.1 Å². The minimum absolute atomic E-state index is 0.0836. The molecule has 0 unspecified atom stereocenters. The van der Waals surface area contributed by atoms with E-state index in [9.17, 15) is 9.59 Å². The average Bonchev–Trinajstić information content (AvgIpc) is 3.11. The van der Waals surface area contributed by atoms with Gasteiger partial charge < -0.3 is 10.2 Å². The lowest BCUT2D eigenvalue weighted by Crippen LogP contribution is -2.45. The van der Waals surface area contributed by atoms with Gasteiger partial charge in [-0.05, 0) is 42.7 Å². The molecule has 124 valence electrons. The quantitative estimate of drug-likeness (QED) is 0.927. The van der Waals surface area contributed by atoms with Crippen LogP contribution in [0.2, 0.25) is 5.02 Å². The molecule has 5 heteroatoms. The van der Waals surface area contributed by atoms with Crippen LogP contribution in [0.4, 0.5) is 0 Å². The van der Waals surface area contributed by atoms with E-state index in [0.717, 1.165) is 12.0 Å². The highest BCUT2D eigenvalue weighted by Crippen LogP contribution is 2.20. The standard InChI is InChI=1S/C19H19ClN2O2/c20-16-10-8-14(9-11-16)13-21-18(23)17-7-4-12-22(17)19(24)15-5-2-1-3-6-15/h1-3,5-6,8-11,17H,4,7,12-13H2,(H,21,23)/t17-/m0/s1. The Hall–Kier alpha value is -2.33. The lowest BCUT2D eigenvalue weighted by Gasteiger charge is -2.24. The van der Waals surface area contributed by atoms with Gasteiger partial charge in [-0.15, -0.1) is 0 Å². The summed E-state index contributed by atoms with van der Waals surface area (Å²) >= 11 is 5.86. The van der Waals surface area contributed by atoms with E-state index in [4.69, 9.17) is 11.6 Å². The smallest absolute Gasteiger partial charge is 0.254 e.